The number of rotatable bonds is 8. The van der Waals surface area contributed by atoms with Crippen LogP contribution in [0.1, 0.15) is 37.4 Å². The summed E-state index contributed by atoms with van der Waals surface area (Å²) in [4.78, 5) is 32.6. The Morgan fingerprint density at radius 1 is 1.14 bits per heavy atom. The summed E-state index contributed by atoms with van der Waals surface area (Å²) in [6.45, 7) is 12.5. The Kier molecular flexibility index (Phi) is 7.24. The predicted molar refractivity (Wildman–Crippen MR) is 168 cm³/mol. The van der Waals surface area contributed by atoms with E-state index in [2.05, 4.69) is 44.1 Å². The number of nitrogens with one attached hydrogen (secondary N) is 2. The number of hydrogen-bond acceptors (Lipinski definition) is 9. The van der Waals surface area contributed by atoms with E-state index in [9.17, 15) is 9.90 Å². The Balaban J connectivity index is 1.15. The average molecular weight is 582 g/mol. The van der Waals surface area contributed by atoms with Gasteiger partial charge in [0.25, 0.3) is 5.56 Å². The molecule has 2 fully saturated rings. The van der Waals surface area contributed by atoms with Crippen LogP contribution in [0.4, 0.5) is 17.3 Å². The van der Waals surface area contributed by atoms with Crippen LogP contribution < -0.4 is 21.1 Å². The summed E-state index contributed by atoms with van der Waals surface area (Å²) in [5.74, 6) is 0.912. The van der Waals surface area contributed by atoms with Crippen LogP contribution in [-0.4, -0.2) is 79.6 Å². The molecule has 1 aromatic carbocycles. The molecule has 2 atom stereocenters. The molecule has 11 nitrogen and oxygen atoms in total. The minimum absolute atomic E-state index is 0.219. The standard InChI is InChI=1S/C32H39N9O2/c1-3-15-40-30(42)26-21-34-31(37-29(26)41(40)27-10-5-22-11-13-32(43,4-2)28(22)36-27)35-23-6-8-24(9-7-23)38-16-18-39(19-17-38)25-12-14-33-20-25/h3,5-10,21,25,33,43H,1,4,11-20H2,2H3,(H,34,35,37)/t25?,32-/m1/s1. The highest BCUT2D eigenvalue weighted by Gasteiger charge is 2.37. The van der Waals surface area contributed by atoms with Gasteiger partial charge in [0.2, 0.25) is 5.95 Å². The highest BCUT2D eigenvalue weighted by atomic mass is 16.3. The summed E-state index contributed by atoms with van der Waals surface area (Å²) in [6.07, 6.45) is 6.48. The molecule has 43 heavy (non-hydrogen) atoms. The molecule has 0 amide bonds. The van der Waals surface area contributed by atoms with E-state index in [4.69, 9.17) is 9.97 Å². The summed E-state index contributed by atoms with van der Waals surface area (Å²) in [5, 5.41) is 18.4. The van der Waals surface area contributed by atoms with Crippen molar-refractivity contribution in [2.75, 3.05) is 49.5 Å². The minimum Gasteiger partial charge on any atom is -0.384 e. The lowest BCUT2D eigenvalue weighted by atomic mass is 9.98. The van der Waals surface area contributed by atoms with E-state index in [1.54, 1.807) is 21.6 Å². The fourth-order valence-corrected chi connectivity index (χ4v) is 6.79. The lowest BCUT2D eigenvalue weighted by molar-refractivity contribution is 0.0306. The number of pyridine rings is 1. The monoisotopic (exact) mass is 581 g/mol. The van der Waals surface area contributed by atoms with Gasteiger partial charge in [-0.2, -0.15) is 4.98 Å². The molecular formula is C32H39N9O2. The van der Waals surface area contributed by atoms with Gasteiger partial charge < -0.3 is 20.6 Å². The van der Waals surface area contributed by atoms with E-state index < -0.39 is 5.60 Å². The SMILES string of the molecule is C=CCn1c(=O)c2cnc(Nc3ccc(N4CCN(C5CCNC5)CC4)cc3)nc2n1-c1ccc2c(n1)[C@@](O)(CC)CC2. The van der Waals surface area contributed by atoms with Gasteiger partial charge in [-0.05, 0) is 68.1 Å². The van der Waals surface area contributed by atoms with Gasteiger partial charge in [-0.25, -0.2) is 19.3 Å². The lowest BCUT2D eigenvalue weighted by Gasteiger charge is -2.39. The van der Waals surface area contributed by atoms with E-state index in [-0.39, 0.29) is 12.1 Å². The largest absolute Gasteiger partial charge is 0.384 e. The fourth-order valence-electron chi connectivity index (χ4n) is 6.79. The van der Waals surface area contributed by atoms with Gasteiger partial charge in [0.05, 0.1) is 12.2 Å². The first-order valence-corrected chi connectivity index (χ1v) is 15.4. The summed E-state index contributed by atoms with van der Waals surface area (Å²) in [5.41, 5.74) is 3.04. The van der Waals surface area contributed by atoms with Crippen molar-refractivity contribution < 1.29 is 5.11 Å². The molecule has 1 aliphatic carbocycles. The van der Waals surface area contributed by atoms with Crippen molar-refractivity contribution >= 4 is 28.4 Å². The summed E-state index contributed by atoms with van der Waals surface area (Å²) >= 11 is 0. The van der Waals surface area contributed by atoms with Crippen molar-refractivity contribution in [1.82, 2.24) is 34.5 Å². The van der Waals surface area contributed by atoms with Crippen LogP contribution in [0.25, 0.3) is 16.9 Å². The third-order valence-electron chi connectivity index (χ3n) is 9.35. The quantitative estimate of drug-likeness (QED) is 0.270. The maximum Gasteiger partial charge on any atom is 0.278 e. The van der Waals surface area contributed by atoms with Gasteiger partial charge in [-0.15, -0.1) is 6.58 Å². The molecule has 0 bridgehead atoms. The maximum atomic E-state index is 13.4. The number of anilines is 3. The van der Waals surface area contributed by atoms with Crippen LogP contribution >= 0.6 is 0 Å². The first kappa shape index (κ1) is 27.8. The van der Waals surface area contributed by atoms with Crippen LogP contribution in [0, 0.1) is 0 Å². The zero-order chi connectivity index (χ0) is 29.6. The molecule has 11 heteroatoms. The summed E-state index contributed by atoms with van der Waals surface area (Å²) in [6, 6.07) is 12.9. The zero-order valence-corrected chi connectivity index (χ0v) is 24.7. The van der Waals surface area contributed by atoms with Crippen molar-refractivity contribution in [3.05, 3.63) is 76.9 Å². The zero-order valence-electron chi connectivity index (χ0n) is 24.7. The molecule has 7 rings (SSSR count). The van der Waals surface area contributed by atoms with E-state index in [0.29, 0.717) is 47.4 Å². The van der Waals surface area contributed by atoms with Crippen LogP contribution in [0.15, 0.2) is 60.0 Å². The van der Waals surface area contributed by atoms with Crippen molar-refractivity contribution in [1.29, 1.82) is 0 Å². The molecule has 0 saturated carbocycles. The summed E-state index contributed by atoms with van der Waals surface area (Å²) in [7, 11) is 0. The number of benzene rings is 1. The van der Waals surface area contributed by atoms with Gasteiger partial charge in [-0.1, -0.05) is 19.1 Å². The highest BCUT2D eigenvalue weighted by molar-refractivity contribution is 5.77. The predicted octanol–water partition coefficient (Wildman–Crippen LogP) is 2.93. The highest BCUT2D eigenvalue weighted by Crippen LogP contribution is 2.38. The smallest absolute Gasteiger partial charge is 0.278 e. The minimum atomic E-state index is -0.966. The van der Waals surface area contributed by atoms with Gasteiger partial charge in [0.1, 0.15) is 11.0 Å². The molecule has 5 heterocycles. The third kappa shape index (κ3) is 5.01. The van der Waals surface area contributed by atoms with Gasteiger partial charge in [0, 0.05) is 56.3 Å². The Morgan fingerprint density at radius 2 is 1.95 bits per heavy atom. The van der Waals surface area contributed by atoms with Crippen molar-refractivity contribution in [3.63, 3.8) is 0 Å². The van der Waals surface area contributed by atoms with Crippen molar-refractivity contribution in [3.8, 4) is 5.82 Å². The van der Waals surface area contributed by atoms with Gasteiger partial charge in [-0.3, -0.25) is 9.69 Å². The van der Waals surface area contributed by atoms with E-state index in [1.807, 2.05) is 31.2 Å². The Labute approximate surface area is 250 Å². The van der Waals surface area contributed by atoms with Crippen molar-refractivity contribution in [2.24, 2.45) is 0 Å². The Bertz CT molecular complexity index is 1700. The number of hydrogen-bond donors (Lipinski definition) is 3. The molecular weight excluding hydrogens is 542 g/mol. The van der Waals surface area contributed by atoms with Crippen LogP contribution in [-0.2, 0) is 18.6 Å². The number of aryl methyl sites for hydroxylation is 1. The molecule has 224 valence electrons. The van der Waals surface area contributed by atoms with Crippen LogP contribution in [0.5, 0.6) is 0 Å². The normalized spacial score (nSPS) is 22.3. The third-order valence-corrected chi connectivity index (χ3v) is 9.35. The van der Waals surface area contributed by atoms with E-state index in [1.165, 1.54) is 12.1 Å². The number of fused-ring (bicyclic) bond motifs is 2. The maximum absolute atomic E-state index is 13.4. The summed E-state index contributed by atoms with van der Waals surface area (Å²) < 4.78 is 3.27. The number of piperazine rings is 1. The molecule has 3 aliphatic rings. The van der Waals surface area contributed by atoms with Gasteiger partial charge >= 0.3 is 0 Å². The van der Waals surface area contributed by atoms with Crippen LogP contribution in [0.3, 0.4) is 0 Å². The van der Waals surface area contributed by atoms with Crippen LogP contribution in [0.2, 0.25) is 0 Å². The second-order valence-corrected chi connectivity index (χ2v) is 11.8. The molecule has 4 aromatic rings. The first-order valence-electron chi connectivity index (χ1n) is 15.4. The number of aromatic nitrogens is 5. The molecule has 2 aliphatic heterocycles. The molecule has 3 N–H and O–H groups in total. The molecule has 3 aromatic heterocycles. The van der Waals surface area contributed by atoms with Gasteiger partial charge in [0.15, 0.2) is 11.5 Å². The van der Waals surface area contributed by atoms with E-state index in [0.717, 1.165) is 56.9 Å². The molecule has 0 spiro atoms. The number of allylic oxidation sites excluding steroid dienone is 1. The second-order valence-electron chi connectivity index (χ2n) is 11.8. The molecule has 2 saturated heterocycles. The topological polar surface area (TPSA) is 116 Å². The number of aliphatic hydroxyl groups is 1. The Morgan fingerprint density at radius 3 is 2.67 bits per heavy atom. The average Bonchev–Trinajstić information content (AvgIpc) is 3.76. The Hall–Kier alpha value is -4.06. The molecule has 0 radical (unpaired) electrons. The lowest BCUT2D eigenvalue weighted by Crippen LogP contribution is -2.51. The number of nitrogens with zero attached hydrogens (tertiary/aromatic N) is 7. The van der Waals surface area contributed by atoms with E-state index >= 15 is 0 Å². The fraction of sp³-hybridized carbons (Fsp3) is 0.438. The second kappa shape index (κ2) is 11.2. The molecule has 1 unspecified atom stereocenters. The first-order chi connectivity index (χ1) is 21.0. The van der Waals surface area contributed by atoms with Crippen molar-refractivity contribution in [2.45, 2.75) is 50.8 Å².